The van der Waals surface area contributed by atoms with E-state index in [2.05, 4.69) is 45.0 Å². The fourth-order valence-electron chi connectivity index (χ4n) is 4.52. The van der Waals surface area contributed by atoms with Gasteiger partial charge < -0.3 is 23.2 Å². The Hall–Kier alpha value is -3.11. The number of aliphatic hydroxyl groups excluding tert-OH is 1. The van der Waals surface area contributed by atoms with Crippen LogP contribution >= 0.6 is 12.0 Å². The van der Waals surface area contributed by atoms with Crippen molar-refractivity contribution in [3.8, 4) is 5.75 Å². The summed E-state index contributed by atoms with van der Waals surface area (Å²) in [6.45, 7) is 6.34. The lowest BCUT2D eigenvalue weighted by atomic mass is 10.1. The molecule has 1 N–H and O–H groups in total. The average Bonchev–Trinajstić information content (AvgIpc) is 3.16. The van der Waals surface area contributed by atoms with Crippen LogP contribution in [0.5, 0.6) is 5.75 Å². The molecule has 9 heteroatoms. The summed E-state index contributed by atoms with van der Waals surface area (Å²) < 4.78 is 22.6. The lowest BCUT2D eigenvalue weighted by Gasteiger charge is -2.43. The number of ether oxygens (including phenoxy) is 2. The van der Waals surface area contributed by atoms with E-state index in [4.69, 9.17) is 18.1 Å². The summed E-state index contributed by atoms with van der Waals surface area (Å²) in [5.41, 5.74) is 0. The molecule has 3 aromatic carbocycles. The summed E-state index contributed by atoms with van der Waals surface area (Å²) in [5.74, 6) is -0.368. The molecule has 0 spiro atoms. The monoisotopic (exact) mass is 538 g/mol. The highest BCUT2D eigenvalue weighted by Crippen LogP contribution is 2.37. The second-order valence-electron chi connectivity index (χ2n) is 9.71. The van der Waals surface area contributed by atoms with Gasteiger partial charge >= 0.3 is 11.3 Å². The Bertz CT molecular complexity index is 1150. The molecule has 1 heterocycles. The Balaban J connectivity index is 1.49. The van der Waals surface area contributed by atoms with Crippen LogP contribution in [-0.2, 0) is 18.7 Å². The first-order valence-electron chi connectivity index (χ1n) is 12.0. The first kappa shape index (κ1) is 26.9. The van der Waals surface area contributed by atoms with Crippen molar-refractivity contribution >= 4 is 42.0 Å². The maximum Gasteiger partial charge on any atom is 0.407 e. The molecule has 3 atom stereocenters. The Morgan fingerprint density at radius 1 is 0.919 bits per heavy atom. The van der Waals surface area contributed by atoms with Gasteiger partial charge in [-0.15, -0.1) is 0 Å². The van der Waals surface area contributed by atoms with E-state index < -0.39 is 37.9 Å². The van der Waals surface area contributed by atoms with E-state index in [9.17, 15) is 14.7 Å². The number of cyclic esters (lactones) is 1. The highest BCUT2D eigenvalue weighted by atomic mass is 32.2. The predicted molar refractivity (Wildman–Crippen MR) is 144 cm³/mol. The van der Waals surface area contributed by atoms with E-state index in [-0.39, 0.29) is 11.6 Å². The Morgan fingerprint density at radius 2 is 1.43 bits per heavy atom. The van der Waals surface area contributed by atoms with Crippen LogP contribution < -0.4 is 14.6 Å². The zero-order valence-corrected chi connectivity index (χ0v) is 22.7. The predicted octanol–water partition coefficient (Wildman–Crippen LogP) is 4.08. The second kappa shape index (κ2) is 11.5. The number of para-hydroxylation sites is 1. The summed E-state index contributed by atoms with van der Waals surface area (Å²) in [5, 5.41) is 11.8. The molecule has 0 aromatic heterocycles. The van der Waals surface area contributed by atoms with Crippen LogP contribution in [0.3, 0.4) is 0 Å². The van der Waals surface area contributed by atoms with Crippen LogP contribution in [0.15, 0.2) is 91.0 Å². The molecule has 7 nitrogen and oxygen atoms in total. The van der Waals surface area contributed by atoms with E-state index in [0.29, 0.717) is 17.8 Å². The number of hydrogen-bond donors (Lipinski definition) is 1. The van der Waals surface area contributed by atoms with Gasteiger partial charge in [-0.3, -0.25) is 0 Å². The molecule has 0 aliphatic carbocycles. The van der Waals surface area contributed by atoms with Gasteiger partial charge in [0.25, 0.3) is 8.32 Å². The van der Waals surface area contributed by atoms with Crippen molar-refractivity contribution in [1.29, 1.82) is 0 Å². The van der Waals surface area contributed by atoms with Gasteiger partial charge in [-0.25, -0.2) is 9.59 Å². The van der Waals surface area contributed by atoms with Gasteiger partial charge in [0.1, 0.15) is 11.9 Å². The highest BCUT2D eigenvalue weighted by Gasteiger charge is 2.53. The molecular formula is C28H30O7SSi. The lowest BCUT2D eigenvalue weighted by molar-refractivity contribution is -0.147. The van der Waals surface area contributed by atoms with E-state index in [1.807, 2.05) is 42.5 Å². The lowest BCUT2D eigenvalue weighted by Crippen LogP contribution is -2.67. The summed E-state index contributed by atoms with van der Waals surface area (Å²) in [6.07, 6.45) is -3.84. The second-order valence-corrected chi connectivity index (χ2v) is 14.7. The third-order valence-corrected chi connectivity index (χ3v) is 11.8. The molecule has 1 aliphatic rings. The molecule has 0 unspecified atom stereocenters. The molecule has 0 bridgehead atoms. The molecule has 1 saturated heterocycles. The van der Waals surface area contributed by atoms with Crippen LogP contribution in [0.4, 0.5) is 4.79 Å². The van der Waals surface area contributed by atoms with Gasteiger partial charge in [0.15, 0.2) is 18.1 Å². The summed E-state index contributed by atoms with van der Waals surface area (Å²) in [4.78, 5) is 24.8. The van der Waals surface area contributed by atoms with Crippen LogP contribution in [-0.4, -0.2) is 49.6 Å². The Morgan fingerprint density at radius 3 is 1.95 bits per heavy atom. The number of aliphatic hydroxyl groups is 1. The van der Waals surface area contributed by atoms with Crippen molar-refractivity contribution < 1.29 is 32.8 Å². The number of carbonyl (C=O) groups excluding carboxylic acids is 2. The quantitative estimate of drug-likeness (QED) is 0.261. The van der Waals surface area contributed by atoms with E-state index in [0.717, 1.165) is 10.4 Å². The minimum atomic E-state index is -2.91. The van der Waals surface area contributed by atoms with Crippen molar-refractivity contribution in [2.75, 3.05) is 6.61 Å². The Labute approximate surface area is 222 Å². The summed E-state index contributed by atoms with van der Waals surface area (Å²) in [6, 6.07) is 28.7. The van der Waals surface area contributed by atoms with Gasteiger partial charge in [-0.2, -0.15) is 0 Å². The first-order valence-corrected chi connectivity index (χ1v) is 14.6. The summed E-state index contributed by atoms with van der Waals surface area (Å²) >= 11 is 0.433. The maximum atomic E-state index is 12.5. The van der Waals surface area contributed by atoms with Gasteiger partial charge in [-0.1, -0.05) is 99.6 Å². The molecule has 1 fully saturated rings. The van der Waals surface area contributed by atoms with Crippen LogP contribution in [0.1, 0.15) is 20.8 Å². The highest BCUT2D eigenvalue weighted by molar-refractivity contribution is 8.09. The molecule has 3 aromatic rings. The smallest absolute Gasteiger partial charge is 0.407 e. The van der Waals surface area contributed by atoms with Gasteiger partial charge in [0.05, 0.1) is 6.61 Å². The van der Waals surface area contributed by atoms with Crippen LogP contribution in [0, 0.1) is 0 Å². The maximum absolute atomic E-state index is 12.5. The number of esters is 1. The fourth-order valence-corrected chi connectivity index (χ4v) is 9.51. The van der Waals surface area contributed by atoms with Crippen LogP contribution in [0.25, 0.3) is 0 Å². The standard InChI is InChI=1S/C28H30O7SSi/c1-28(2,3)37(21-15-9-5-10-16-21,22-17-11-6-12-18-22)32-19-23-24(29)25(26(30)33-23)34-27(31)36-35-20-13-7-4-8-14-20/h4-18,23-25,29H,19H2,1-3H3/t23-,24-,25+/m0/s1. The molecule has 4 rings (SSSR count). The zero-order chi connectivity index (χ0) is 26.5. The van der Waals surface area contributed by atoms with Gasteiger partial charge in [0, 0.05) is 0 Å². The molecule has 0 saturated carbocycles. The van der Waals surface area contributed by atoms with Crippen molar-refractivity contribution in [1.82, 2.24) is 0 Å². The number of rotatable bonds is 8. The minimum Gasteiger partial charge on any atom is -0.454 e. The van der Waals surface area contributed by atoms with Crippen molar-refractivity contribution in [3.63, 3.8) is 0 Å². The van der Waals surface area contributed by atoms with Crippen molar-refractivity contribution in [3.05, 3.63) is 91.0 Å². The van der Waals surface area contributed by atoms with Gasteiger partial charge in [-0.05, 0) is 27.5 Å². The van der Waals surface area contributed by atoms with Crippen LogP contribution in [0.2, 0.25) is 5.04 Å². The van der Waals surface area contributed by atoms with E-state index >= 15 is 0 Å². The number of carbonyl (C=O) groups is 2. The molecule has 37 heavy (non-hydrogen) atoms. The number of hydrogen-bond acceptors (Lipinski definition) is 8. The number of benzene rings is 3. The molecule has 1 aliphatic heterocycles. The zero-order valence-electron chi connectivity index (χ0n) is 20.9. The first-order chi connectivity index (χ1) is 17.7. The Kier molecular flexibility index (Phi) is 8.38. The molecule has 0 radical (unpaired) electrons. The average molecular weight is 539 g/mol. The third kappa shape index (κ3) is 5.91. The topological polar surface area (TPSA) is 91.3 Å². The normalized spacial score (nSPS) is 19.8. The van der Waals surface area contributed by atoms with Crippen molar-refractivity contribution in [2.45, 2.75) is 44.1 Å². The fraction of sp³-hybridized carbons (Fsp3) is 0.286. The van der Waals surface area contributed by atoms with Crippen molar-refractivity contribution in [2.24, 2.45) is 0 Å². The van der Waals surface area contributed by atoms with Gasteiger partial charge in [0.2, 0.25) is 6.10 Å². The molecular weight excluding hydrogens is 508 g/mol. The molecule has 194 valence electrons. The van der Waals surface area contributed by atoms with E-state index in [1.54, 1.807) is 24.3 Å². The van der Waals surface area contributed by atoms with E-state index in [1.165, 1.54) is 0 Å². The molecule has 0 amide bonds. The SMILES string of the molecule is CC(C)(C)[Si](OC[C@@H]1OC(=O)[C@H](OC(=O)SOc2ccccc2)[C@H]1O)(c1ccccc1)c1ccccc1. The third-order valence-electron chi connectivity index (χ3n) is 6.24. The minimum absolute atomic E-state index is 0.0537. The summed E-state index contributed by atoms with van der Waals surface area (Å²) in [7, 11) is -2.91. The largest absolute Gasteiger partial charge is 0.454 e.